The van der Waals surface area contributed by atoms with Crippen LogP contribution in [0, 0.1) is 0 Å². The fourth-order valence-corrected chi connectivity index (χ4v) is 3.00. The molecule has 6 nitrogen and oxygen atoms in total. The number of carbonyl (C=O) groups is 2. The van der Waals surface area contributed by atoms with Crippen LogP contribution in [0.5, 0.6) is 11.5 Å². The van der Waals surface area contributed by atoms with E-state index in [2.05, 4.69) is 5.32 Å². The van der Waals surface area contributed by atoms with Crippen molar-refractivity contribution in [3.63, 3.8) is 0 Å². The fraction of sp³-hybridized carbons (Fsp3) is 0.263. The van der Waals surface area contributed by atoms with Crippen molar-refractivity contribution in [3.05, 3.63) is 59.7 Å². The Morgan fingerprint density at radius 3 is 2.68 bits per heavy atom. The zero-order valence-electron chi connectivity index (χ0n) is 13.4. The van der Waals surface area contributed by atoms with Gasteiger partial charge in [0.15, 0.2) is 11.5 Å². The minimum absolute atomic E-state index is 0.0902. The summed E-state index contributed by atoms with van der Waals surface area (Å²) in [5, 5.41) is 2.82. The molecule has 0 spiro atoms. The van der Waals surface area contributed by atoms with Crippen LogP contribution in [0.4, 0.5) is 0 Å². The second-order valence-corrected chi connectivity index (χ2v) is 5.99. The molecule has 2 aromatic carbocycles. The van der Waals surface area contributed by atoms with Crippen LogP contribution >= 0.6 is 0 Å². The highest BCUT2D eigenvalue weighted by Crippen LogP contribution is 2.33. The Hall–Kier alpha value is -3.02. The van der Waals surface area contributed by atoms with E-state index >= 15 is 0 Å². The molecule has 2 atom stereocenters. The summed E-state index contributed by atoms with van der Waals surface area (Å²) >= 11 is 0. The highest BCUT2D eigenvalue weighted by atomic mass is 16.6. The summed E-state index contributed by atoms with van der Waals surface area (Å²) in [6, 6.07) is 14.6. The number of carbonyl (C=O) groups excluding carboxylic acids is 2. The summed E-state index contributed by atoms with van der Waals surface area (Å²) in [5.41, 5.74) is 1.29. The zero-order chi connectivity index (χ0) is 17.2. The number of cyclic esters (lactones) is 1. The molecule has 4 rings (SSSR count). The highest BCUT2D eigenvalue weighted by molar-refractivity contribution is 5.94. The van der Waals surface area contributed by atoms with Gasteiger partial charge in [-0.3, -0.25) is 4.79 Å². The molecule has 1 N–H and O–H groups in total. The smallest absolute Gasteiger partial charge is 0.339 e. The lowest BCUT2D eigenvalue weighted by Gasteiger charge is -2.26. The van der Waals surface area contributed by atoms with Crippen molar-refractivity contribution in [2.75, 3.05) is 13.2 Å². The number of hydrogen-bond donors (Lipinski definition) is 1. The van der Waals surface area contributed by atoms with E-state index in [1.165, 1.54) is 0 Å². The lowest BCUT2D eigenvalue weighted by molar-refractivity contribution is -0.123. The van der Waals surface area contributed by atoms with Gasteiger partial charge in [-0.15, -0.1) is 0 Å². The number of ether oxygens (including phenoxy) is 3. The van der Waals surface area contributed by atoms with Crippen molar-refractivity contribution < 1.29 is 23.8 Å². The molecule has 6 heteroatoms. The summed E-state index contributed by atoms with van der Waals surface area (Å²) in [5.74, 6) is 0.803. The molecule has 0 aliphatic carbocycles. The van der Waals surface area contributed by atoms with Gasteiger partial charge in [0.2, 0.25) is 5.91 Å². The van der Waals surface area contributed by atoms with Crippen LogP contribution in [0.2, 0.25) is 0 Å². The predicted molar refractivity (Wildman–Crippen MR) is 88.6 cm³/mol. The van der Waals surface area contributed by atoms with Crippen molar-refractivity contribution in [2.24, 2.45) is 0 Å². The first-order chi connectivity index (χ1) is 12.2. The van der Waals surface area contributed by atoms with Crippen LogP contribution in [0.1, 0.15) is 28.4 Å². The van der Waals surface area contributed by atoms with Crippen LogP contribution < -0.4 is 14.8 Å². The zero-order valence-corrected chi connectivity index (χ0v) is 13.4. The molecule has 2 heterocycles. The Morgan fingerprint density at radius 1 is 1.04 bits per heavy atom. The second kappa shape index (κ2) is 6.47. The Labute approximate surface area is 144 Å². The third-order valence-electron chi connectivity index (χ3n) is 4.24. The van der Waals surface area contributed by atoms with E-state index in [1.807, 2.05) is 36.4 Å². The van der Waals surface area contributed by atoms with E-state index in [0.717, 1.165) is 5.56 Å². The normalized spacial score (nSPS) is 20.6. The molecule has 25 heavy (non-hydrogen) atoms. The van der Waals surface area contributed by atoms with E-state index in [1.54, 1.807) is 12.1 Å². The van der Waals surface area contributed by atoms with Crippen molar-refractivity contribution in [3.8, 4) is 11.5 Å². The van der Waals surface area contributed by atoms with Gasteiger partial charge in [-0.1, -0.05) is 30.3 Å². The van der Waals surface area contributed by atoms with Crippen molar-refractivity contribution in [1.82, 2.24) is 5.32 Å². The Morgan fingerprint density at radius 2 is 1.80 bits per heavy atom. The lowest BCUT2D eigenvalue weighted by atomic mass is 10.0. The van der Waals surface area contributed by atoms with Gasteiger partial charge >= 0.3 is 5.97 Å². The molecule has 0 unspecified atom stereocenters. The lowest BCUT2D eigenvalue weighted by Crippen LogP contribution is -2.41. The maximum Gasteiger partial charge on any atom is 0.339 e. The van der Waals surface area contributed by atoms with E-state index in [-0.39, 0.29) is 24.4 Å². The van der Waals surface area contributed by atoms with Gasteiger partial charge < -0.3 is 19.5 Å². The number of fused-ring (bicyclic) bond motifs is 2. The molecule has 128 valence electrons. The SMILES string of the molecule is O=C(C[C@@H]1OC(=O)c2ccccc21)NC[C@@H]1COc2ccccc2O1. The van der Waals surface area contributed by atoms with Crippen LogP contribution in [0.3, 0.4) is 0 Å². The molecule has 0 aromatic heterocycles. The van der Waals surface area contributed by atoms with Gasteiger partial charge in [-0.2, -0.15) is 0 Å². The predicted octanol–water partition coefficient (Wildman–Crippen LogP) is 2.24. The highest BCUT2D eigenvalue weighted by Gasteiger charge is 2.32. The summed E-state index contributed by atoms with van der Waals surface area (Å²) in [6.07, 6.45) is -0.697. The molecule has 2 aliphatic rings. The first-order valence-electron chi connectivity index (χ1n) is 8.16. The topological polar surface area (TPSA) is 73.9 Å². The molecular formula is C19H17NO5. The number of amides is 1. The molecule has 2 aromatic rings. The van der Waals surface area contributed by atoms with Gasteiger partial charge in [-0.25, -0.2) is 4.79 Å². The maximum atomic E-state index is 12.2. The quantitative estimate of drug-likeness (QED) is 0.865. The third-order valence-corrected chi connectivity index (χ3v) is 4.24. The monoisotopic (exact) mass is 339 g/mol. The minimum Gasteiger partial charge on any atom is -0.486 e. The first-order valence-corrected chi connectivity index (χ1v) is 8.16. The Kier molecular flexibility index (Phi) is 4.01. The average molecular weight is 339 g/mol. The van der Waals surface area contributed by atoms with Gasteiger partial charge in [0, 0.05) is 5.56 Å². The standard InChI is InChI=1S/C19H17NO5/c21-18(9-17-13-5-1-2-6-14(13)19(22)25-17)20-10-12-11-23-15-7-3-4-8-16(15)24-12/h1-8,12,17H,9-11H2,(H,20,21)/t12-,17+/m1/s1. The number of para-hydroxylation sites is 2. The number of nitrogens with one attached hydrogen (secondary N) is 1. The first kappa shape index (κ1) is 15.5. The molecule has 0 saturated carbocycles. The van der Waals surface area contributed by atoms with Gasteiger partial charge in [0.05, 0.1) is 18.5 Å². The van der Waals surface area contributed by atoms with E-state index in [4.69, 9.17) is 14.2 Å². The minimum atomic E-state index is -0.534. The van der Waals surface area contributed by atoms with Crippen LogP contribution in [0.15, 0.2) is 48.5 Å². The van der Waals surface area contributed by atoms with Gasteiger partial charge in [0.25, 0.3) is 0 Å². The maximum absolute atomic E-state index is 12.2. The fourth-order valence-electron chi connectivity index (χ4n) is 3.00. The van der Waals surface area contributed by atoms with Crippen LogP contribution in [0.25, 0.3) is 0 Å². The molecule has 0 saturated heterocycles. The van der Waals surface area contributed by atoms with E-state index in [0.29, 0.717) is 30.2 Å². The summed E-state index contributed by atoms with van der Waals surface area (Å²) < 4.78 is 16.7. The van der Waals surface area contributed by atoms with Crippen molar-refractivity contribution >= 4 is 11.9 Å². The average Bonchev–Trinajstić information content (AvgIpc) is 2.96. The summed E-state index contributed by atoms with van der Waals surface area (Å²) in [4.78, 5) is 24.0. The number of benzene rings is 2. The van der Waals surface area contributed by atoms with Crippen molar-refractivity contribution in [2.45, 2.75) is 18.6 Å². The van der Waals surface area contributed by atoms with Crippen LogP contribution in [-0.2, 0) is 9.53 Å². The van der Waals surface area contributed by atoms with Crippen LogP contribution in [-0.4, -0.2) is 31.1 Å². The van der Waals surface area contributed by atoms with Gasteiger partial charge in [0.1, 0.15) is 18.8 Å². The van der Waals surface area contributed by atoms with E-state index < -0.39 is 6.10 Å². The second-order valence-electron chi connectivity index (χ2n) is 5.99. The number of rotatable bonds is 4. The summed E-state index contributed by atoms with van der Waals surface area (Å²) in [7, 11) is 0. The Bertz CT molecular complexity index is 819. The Balaban J connectivity index is 1.31. The summed E-state index contributed by atoms with van der Waals surface area (Å²) in [6.45, 7) is 0.702. The largest absolute Gasteiger partial charge is 0.486 e. The molecule has 1 amide bonds. The molecular weight excluding hydrogens is 322 g/mol. The number of esters is 1. The molecule has 2 aliphatic heterocycles. The van der Waals surface area contributed by atoms with Gasteiger partial charge in [-0.05, 0) is 18.2 Å². The third kappa shape index (κ3) is 3.15. The number of hydrogen-bond acceptors (Lipinski definition) is 5. The molecule has 0 bridgehead atoms. The molecule has 0 radical (unpaired) electrons. The van der Waals surface area contributed by atoms with E-state index in [9.17, 15) is 9.59 Å². The van der Waals surface area contributed by atoms with Crippen molar-refractivity contribution in [1.29, 1.82) is 0 Å². The molecule has 0 fully saturated rings.